The molecule has 4 heteroatoms. The van der Waals surface area contributed by atoms with Crippen LogP contribution in [0.15, 0.2) is 21.5 Å². The molecule has 11 heavy (non-hydrogen) atoms. The van der Waals surface area contributed by atoms with Crippen LogP contribution in [-0.2, 0) is 0 Å². The monoisotopic (exact) mass is 254 g/mol. The molecule has 0 aliphatic carbocycles. The molecule has 0 amide bonds. The van der Waals surface area contributed by atoms with Gasteiger partial charge in [-0.05, 0) is 34.3 Å². The number of hydrogen-bond acceptors (Lipinski definition) is 1. The largest absolute Gasteiger partial charge is 0.204 e. The summed E-state index contributed by atoms with van der Waals surface area (Å²) in [5.41, 5.74) is 0. The first-order valence-electron chi connectivity index (χ1n) is 2.84. The molecule has 0 aromatic heterocycles. The van der Waals surface area contributed by atoms with Gasteiger partial charge in [-0.25, -0.2) is 4.39 Å². The maximum Gasteiger partial charge on any atom is 0.157 e. The van der Waals surface area contributed by atoms with Crippen LogP contribution in [0.4, 0.5) is 4.39 Å². The molecule has 0 saturated heterocycles. The second-order valence-corrected chi connectivity index (χ2v) is 3.93. The summed E-state index contributed by atoms with van der Waals surface area (Å²) in [6.45, 7) is 0. The molecule has 1 aromatic rings. The Labute approximate surface area is 82.3 Å². The summed E-state index contributed by atoms with van der Waals surface area (Å²) >= 11 is 10.1. The molecule has 0 radical (unpaired) electrons. The van der Waals surface area contributed by atoms with E-state index < -0.39 is 5.82 Å². The van der Waals surface area contributed by atoms with E-state index >= 15 is 0 Å². The number of thioether (sulfide) groups is 1. The molecule has 0 nitrogen and oxygen atoms in total. The zero-order chi connectivity index (χ0) is 8.43. The van der Waals surface area contributed by atoms with Gasteiger partial charge in [0, 0.05) is 4.90 Å². The maximum absolute atomic E-state index is 13.0. The van der Waals surface area contributed by atoms with Gasteiger partial charge in [-0.1, -0.05) is 11.6 Å². The van der Waals surface area contributed by atoms with E-state index in [0.29, 0.717) is 4.47 Å². The molecule has 60 valence electrons. The SMILES string of the molecule is CSc1ccc(Cl)c(F)c1Br. The van der Waals surface area contributed by atoms with E-state index in [0.717, 1.165) is 4.90 Å². The van der Waals surface area contributed by atoms with Crippen LogP contribution in [0, 0.1) is 5.82 Å². The molecule has 0 N–H and O–H groups in total. The van der Waals surface area contributed by atoms with E-state index in [4.69, 9.17) is 11.6 Å². The third kappa shape index (κ3) is 1.89. The van der Waals surface area contributed by atoms with Crippen molar-refractivity contribution in [2.24, 2.45) is 0 Å². The van der Waals surface area contributed by atoms with Crippen LogP contribution in [-0.4, -0.2) is 6.26 Å². The van der Waals surface area contributed by atoms with Crippen molar-refractivity contribution in [3.63, 3.8) is 0 Å². The highest BCUT2D eigenvalue weighted by molar-refractivity contribution is 9.10. The van der Waals surface area contributed by atoms with E-state index in [1.807, 2.05) is 6.26 Å². The average Bonchev–Trinajstić information content (AvgIpc) is 2.01. The third-order valence-corrected chi connectivity index (χ3v) is 3.33. The van der Waals surface area contributed by atoms with Crippen molar-refractivity contribution in [3.05, 3.63) is 27.4 Å². The number of benzene rings is 1. The average molecular weight is 256 g/mol. The molecule has 0 heterocycles. The summed E-state index contributed by atoms with van der Waals surface area (Å²) in [5, 5.41) is 0.148. The van der Waals surface area contributed by atoms with E-state index in [1.54, 1.807) is 12.1 Å². The normalized spacial score (nSPS) is 10.2. The molecule has 0 bridgehead atoms. The lowest BCUT2D eigenvalue weighted by atomic mass is 10.3. The minimum atomic E-state index is -0.390. The molecule has 0 fully saturated rings. The number of rotatable bonds is 1. The highest BCUT2D eigenvalue weighted by Gasteiger charge is 2.07. The van der Waals surface area contributed by atoms with Gasteiger partial charge in [-0.15, -0.1) is 11.8 Å². The Morgan fingerprint density at radius 2 is 2.18 bits per heavy atom. The van der Waals surface area contributed by atoms with Gasteiger partial charge in [0.2, 0.25) is 0 Å². The summed E-state index contributed by atoms with van der Waals surface area (Å²) in [4.78, 5) is 0.854. The summed E-state index contributed by atoms with van der Waals surface area (Å²) in [5.74, 6) is -0.390. The van der Waals surface area contributed by atoms with E-state index in [1.165, 1.54) is 11.8 Å². The van der Waals surface area contributed by atoms with Crippen LogP contribution in [0.5, 0.6) is 0 Å². The summed E-state index contributed by atoms with van der Waals surface area (Å²) < 4.78 is 13.4. The second-order valence-electron chi connectivity index (χ2n) is 1.88. The van der Waals surface area contributed by atoms with Gasteiger partial charge in [0.15, 0.2) is 5.82 Å². The first-order chi connectivity index (χ1) is 5.16. The molecule has 0 aliphatic rings. The molecule has 1 aromatic carbocycles. The molecular formula is C7H5BrClFS. The predicted octanol–water partition coefficient (Wildman–Crippen LogP) is 3.96. The van der Waals surface area contributed by atoms with Crippen LogP contribution in [0.2, 0.25) is 5.02 Å². The lowest BCUT2D eigenvalue weighted by Crippen LogP contribution is -1.81. The van der Waals surface area contributed by atoms with Crippen LogP contribution >= 0.6 is 39.3 Å². The van der Waals surface area contributed by atoms with Gasteiger partial charge in [-0.2, -0.15) is 0 Å². The zero-order valence-electron chi connectivity index (χ0n) is 5.70. The lowest BCUT2D eigenvalue weighted by Gasteiger charge is -2.01. The predicted molar refractivity (Wildman–Crippen MR) is 50.9 cm³/mol. The fourth-order valence-corrected chi connectivity index (χ4v) is 2.24. The van der Waals surface area contributed by atoms with E-state index in [-0.39, 0.29) is 5.02 Å². The molecule has 1 rings (SSSR count). The van der Waals surface area contributed by atoms with Crippen molar-refractivity contribution < 1.29 is 4.39 Å². The van der Waals surface area contributed by atoms with Crippen LogP contribution in [0.1, 0.15) is 0 Å². The van der Waals surface area contributed by atoms with Crippen LogP contribution < -0.4 is 0 Å². The Morgan fingerprint density at radius 1 is 1.55 bits per heavy atom. The third-order valence-electron chi connectivity index (χ3n) is 1.22. The summed E-state index contributed by atoms with van der Waals surface area (Å²) in [6.07, 6.45) is 1.88. The Bertz CT molecular complexity index is 277. The quantitative estimate of drug-likeness (QED) is 0.541. The van der Waals surface area contributed by atoms with Crippen molar-refractivity contribution in [1.29, 1.82) is 0 Å². The minimum absolute atomic E-state index is 0.148. The van der Waals surface area contributed by atoms with Gasteiger partial charge >= 0.3 is 0 Å². The van der Waals surface area contributed by atoms with Gasteiger partial charge in [-0.3, -0.25) is 0 Å². The van der Waals surface area contributed by atoms with Gasteiger partial charge in [0.05, 0.1) is 9.50 Å². The molecule has 0 unspecified atom stereocenters. The van der Waals surface area contributed by atoms with Crippen molar-refractivity contribution in [1.82, 2.24) is 0 Å². The highest BCUT2D eigenvalue weighted by Crippen LogP contribution is 2.31. The molecule has 0 atom stereocenters. The van der Waals surface area contributed by atoms with Crippen molar-refractivity contribution in [3.8, 4) is 0 Å². The Kier molecular flexibility index (Phi) is 3.22. The second kappa shape index (κ2) is 3.78. The van der Waals surface area contributed by atoms with Gasteiger partial charge in [0.1, 0.15) is 0 Å². The van der Waals surface area contributed by atoms with E-state index in [9.17, 15) is 4.39 Å². The molecule has 0 spiro atoms. The smallest absolute Gasteiger partial charge is 0.157 e. The summed E-state index contributed by atoms with van der Waals surface area (Å²) in [6, 6.07) is 3.33. The first-order valence-corrected chi connectivity index (χ1v) is 5.24. The Balaban J connectivity index is 3.25. The standard InChI is InChI=1S/C7H5BrClFS/c1-11-5-3-2-4(9)7(10)6(5)8/h2-3H,1H3. The fourth-order valence-electron chi connectivity index (χ4n) is 0.666. The highest BCUT2D eigenvalue weighted by atomic mass is 79.9. The topological polar surface area (TPSA) is 0 Å². The maximum atomic E-state index is 13.0. The molecular weight excluding hydrogens is 250 g/mol. The van der Waals surface area contributed by atoms with Gasteiger partial charge in [0.25, 0.3) is 0 Å². The van der Waals surface area contributed by atoms with Crippen molar-refractivity contribution >= 4 is 39.3 Å². The lowest BCUT2D eigenvalue weighted by molar-refractivity contribution is 0.617. The minimum Gasteiger partial charge on any atom is -0.204 e. The Hall–Kier alpha value is 0.270. The van der Waals surface area contributed by atoms with E-state index in [2.05, 4.69) is 15.9 Å². The number of hydrogen-bond donors (Lipinski definition) is 0. The van der Waals surface area contributed by atoms with Crippen LogP contribution in [0.3, 0.4) is 0 Å². The first kappa shape index (κ1) is 9.36. The molecule has 0 aliphatic heterocycles. The Morgan fingerprint density at radius 3 is 2.73 bits per heavy atom. The number of halogens is 3. The fraction of sp³-hybridized carbons (Fsp3) is 0.143. The van der Waals surface area contributed by atoms with Crippen molar-refractivity contribution in [2.75, 3.05) is 6.26 Å². The summed E-state index contributed by atoms with van der Waals surface area (Å²) in [7, 11) is 0. The molecule has 0 saturated carbocycles. The zero-order valence-corrected chi connectivity index (χ0v) is 8.86. The van der Waals surface area contributed by atoms with Crippen LogP contribution in [0.25, 0.3) is 0 Å². The van der Waals surface area contributed by atoms with Gasteiger partial charge < -0.3 is 0 Å². The van der Waals surface area contributed by atoms with Crippen molar-refractivity contribution in [2.45, 2.75) is 4.90 Å².